The first kappa shape index (κ1) is 101. The molecule has 714 valence electrons. The maximum Gasteiger partial charge on any atom is 0.122 e. The molecule has 6 aromatic carbocycles. The molecule has 25 aliphatic rings. The van der Waals surface area contributed by atoms with Gasteiger partial charge in [0, 0.05) is 137 Å². The summed E-state index contributed by atoms with van der Waals surface area (Å²) in [6.45, 7) is 22.7. The third-order valence-electron chi connectivity index (χ3n) is 31.8. The fourth-order valence-corrected chi connectivity index (χ4v) is 24.5. The lowest BCUT2D eigenvalue weighted by Crippen LogP contribution is -2.69. The fraction of sp³-hybridized carbons (Fsp3) is 0.687. The molecule has 5 atom stereocenters. The zero-order valence-electron chi connectivity index (χ0n) is 80.0. The SMILES string of the molecule is C.C1CC2CC1CN2.C1CC2CCC(C1)N2.C1CC2CCC1C2.C1CC2CCC1CC2.C1CC2CCC1CN2.C1CCCCC1.C1CCNCC1.C1CCOCC1.C1CN2CCOCC2CN1.C1NCC12CNC2.c1ccc2c(c1)CCC2.c1ccc2c(c1)CCC2.c1ccc2c(c1)CCN2.c1ccc2c(c1)CCNC2.c1ccc2c(c1)CCO2.c1ccc2c(c1)CCS2. The Labute approximate surface area is 790 Å². The number of hydrogen-bond acceptors (Lipinski definition) is 14. The molecule has 0 radical (unpaired) electrons. The average Bonchev–Trinajstić information content (AvgIpc) is 1.74. The van der Waals surface area contributed by atoms with Crippen LogP contribution < -0.4 is 52.6 Å². The molecule has 8 saturated carbocycles. The molecule has 19 fully saturated rings. The van der Waals surface area contributed by atoms with Crippen LogP contribution in [0, 0.1) is 40.9 Å². The Kier molecular flexibility index (Phi) is 46.3. The largest absolute Gasteiger partial charge is 0.493 e. The molecule has 10 aliphatic carbocycles. The Morgan fingerprint density at radius 2 is 0.798 bits per heavy atom. The second-order valence-electron chi connectivity index (χ2n) is 41.5. The number of aryl methyl sites for hydroxylation is 5. The predicted octanol–water partition coefficient (Wildman–Crippen LogP) is 22.7. The third kappa shape index (κ3) is 36.1. The summed E-state index contributed by atoms with van der Waals surface area (Å²) in [5.74, 6) is 9.09. The zero-order valence-corrected chi connectivity index (χ0v) is 80.8. The van der Waals surface area contributed by atoms with Crippen molar-refractivity contribution in [3.63, 3.8) is 0 Å². The third-order valence-corrected chi connectivity index (χ3v) is 33.0. The van der Waals surface area contributed by atoms with E-state index in [4.69, 9.17) is 14.2 Å². The Hall–Kier alpha value is -5.17. The minimum atomic E-state index is 0. The molecule has 15 heterocycles. The number of piperazine rings is 1. The first-order valence-electron chi connectivity index (χ1n) is 53.5. The molecule has 5 unspecified atom stereocenters. The Morgan fingerprint density at radius 3 is 1.20 bits per heavy atom. The molecule has 14 heteroatoms. The number of nitrogens with zero attached hydrogens (tertiary/aromatic N) is 1. The lowest BCUT2D eigenvalue weighted by molar-refractivity contribution is -0.0168. The van der Waals surface area contributed by atoms with Gasteiger partial charge < -0.3 is 62.1 Å². The van der Waals surface area contributed by atoms with E-state index >= 15 is 0 Å². The lowest BCUT2D eigenvalue weighted by atomic mass is 9.71. The van der Waals surface area contributed by atoms with E-state index in [0.717, 1.165) is 138 Å². The van der Waals surface area contributed by atoms with Crippen LogP contribution in [-0.2, 0) is 67.4 Å². The van der Waals surface area contributed by atoms with Crippen LogP contribution in [0.25, 0.3) is 0 Å². The van der Waals surface area contributed by atoms with Gasteiger partial charge in [-0.15, -0.1) is 11.8 Å². The van der Waals surface area contributed by atoms with Crippen molar-refractivity contribution in [1.29, 1.82) is 0 Å². The molecule has 11 saturated heterocycles. The second-order valence-corrected chi connectivity index (χ2v) is 42.7. The van der Waals surface area contributed by atoms with E-state index in [1.165, 1.54) is 327 Å². The molecule has 13 nitrogen and oxygen atoms in total. The number of hydrogen-bond donors (Lipinski definition) is 9. The maximum atomic E-state index is 5.36. The smallest absolute Gasteiger partial charge is 0.122 e. The van der Waals surface area contributed by atoms with Crippen molar-refractivity contribution in [3.8, 4) is 5.75 Å². The first-order valence-corrected chi connectivity index (χ1v) is 54.5. The van der Waals surface area contributed by atoms with Crippen LogP contribution in [-0.4, -0.2) is 166 Å². The van der Waals surface area contributed by atoms with Crippen molar-refractivity contribution in [3.05, 3.63) is 196 Å². The number of para-hydroxylation sites is 2. The van der Waals surface area contributed by atoms with Gasteiger partial charge in [0.2, 0.25) is 0 Å². The lowest BCUT2D eigenvalue weighted by Gasteiger charge is -2.50. The Morgan fingerprint density at radius 1 is 0.310 bits per heavy atom. The quantitative estimate of drug-likeness (QED) is 0.0713. The van der Waals surface area contributed by atoms with E-state index in [-0.39, 0.29) is 7.43 Å². The molecule has 129 heavy (non-hydrogen) atoms. The first-order chi connectivity index (χ1) is 63.4. The van der Waals surface area contributed by atoms with Crippen LogP contribution >= 0.6 is 11.8 Å². The van der Waals surface area contributed by atoms with Gasteiger partial charge in [-0.1, -0.05) is 250 Å². The van der Waals surface area contributed by atoms with E-state index in [0.29, 0.717) is 6.04 Å². The minimum Gasteiger partial charge on any atom is -0.493 e. The van der Waals surface area contributed by atoms with Crippen LogP contribution in [0.4, 0.5) is 5.69 Å². The van der Waals surface area contributed by atoms with Crippen molar-refractivity contribution in [1.82, 2.24) is 47.4 Å². The topological polar surface area (TPSA) is 139 Å². The van der Waals surface area contributed by atoms with E-state index < -0.39 is 0 Å². The van der Waals surface area contributed by atoms with E-state index in [2.05, 4.69) is 180 Å². The van der Waals surface area contributed by atoms with Crippen molar-refractivity contribution >= 4 is 17.4 Å². The van der Waals surface area contributed by atoms with Gasteiger partial charge >= 0.3 is 0 Å². The van der Waals surface area contributed by atoms with E-state index in [9.17, 15) is 0 Å². The van der Waals surface area contributed by atoms with Gasteiger partial charge in [-0.2, -0.15) is 0 Å². The fourth-order valence-electron chi connectivity index (χ4n) is 23.5. The molecular weight excluding hydrogens is 1600 g/mol. The molecule has 10 bridgehead atoms. The Balaban J connectivity index is 0.000000118. The molecule has 0 amide bonds. The number of benzene rings is 6. The van der Waals surface area contributed by atoms with Gasteiger partial charge in [-0.3, -0.25) is 4.90 Å². The normalized spacial score (nSPS) is 28.1. The molecule has 0 aromatic heterocycles. The van der Waals surface area contributed by atoms with Gasteiger partial charge in [0.1, 0.15) is 5.75 Å². The summed E-state index contributed by atoms with van der Waals surface area (Å²) in [6.07, 6.45) is 64.6. The van der Waals surface area contributed by atoms with Crippen LogP contribution in [0.3, 0.4) is 0 Å². The molecule has 9 N–H and O–H groups in total. The summed E-state index contributed by atoms with van der Waals surface area (Å²) < 4.78 is 15.7. The minimum absolute atomic E-state index is 0. The summed E-state index contributed by atoms with van der Waals surface area (Å²) >= 11 is 1.97. The van der Waals surface area contributed by atoms with Crippen molar-refractivity contribution in [2.24, 2.45) is 40.9 Å². The molecular formula is C115H180N10O3S. The van der Waals surface area contributed by atoms with Crippen LogP contribution in [0.5, 0.6) is 5.75 Å². The maximum absolute atomic E-state index is 5.36. The number of piperidine rings is 5. The van der Waals surface area contributed by atoms with Crippen LogP contribution in [0.2, 0.25) is 0 Å². The monoisotopic (exact) mass is 1780 g/mol. The average molecular weight is 1780 g/mol. The van der Waals surface area contributed by atoms with Crippen molar-refractivity contribution in [2.45, 2.75) is 338 Å². The summed E-state index contributed by atoms with van der Waals surface area (Å²) in [5, 5.41) is 30.4. The zero-order chi connectivity index (χ0) is 87.2. The van der Waals surface area contributed by atoms with Gasteiger partial charge in [-0.25, -0.2) is 0 Å². The summed E-state index contributed by atoms with van der Waals surface area (Å²) in [4.78, 5) is 4.00. The highest BCUT2D eigenvalue weighted by atomic mass is 32.2. The summed E-state index contributed by atoms with van der Waals surface area (Å²) in [7, 11) is 0. The number of fused-ring (bicyclic) bond motifs is 19. The predicted molar refractivity (Wildman–Crippen MR) is 548 cm³/mol. The summed E-state index contributed by atoms with van der Waals surface area (Å²) in [6, 6.07) is 55.7. The number of rotatable bonds is 0. The van der Waals surface area contributed by atoms with Crippen LogP contribution in [0.1, 0.15) is 295 Å². The molecule has 1 spiro atoms. The van der Waals surface area contributed by atoms with Crippen molar-refractivity contribution in [2.75, 3.05) is 136 Å². The highest BCUT2D eigenvalue weighted by Gasteiger charge is 2.42. The highest BCUT2D eigenvalue weighted by molar-refractivity contribution is 7.99. The van der Waals surface area contributed by atoms with Gasteiger partial charge in [0.05, 0.1) is 19.8 Å². The van der Waals surface area contributed by atoms with Gasteiger partial charge in [0.15, 0.2) is 0 Å². The molecule has 6 aromatic rings. The van der Waals surface area contributed by atoms with Crippen LogP contribution in [0.15, 0.2) is 150 Å². The van der Waals surface area contributed by atoms with E-state index in [1.54, 1.807) is 92.9 Å². The standard InChI is InChI=1S/C9H11N.2C9H10.C8H9N.C8H8O.C8H8S.C8H14.C7H14N2O.2C7H13N.C7H12.C6H11N.C6H12.C5H10N2.C5H11N.C5H10O.CH4/c1-2-4-9-7-10-6-5-8(9)3-1;2*1-2-5-9-7-3-6-8(9)4-1;3*1-2-4-8-7(3-1)5-6-9-8;1-2-8-5-3-7(1)4-6-8;1-2-9-3-4-10-6-7(9)5-8-1;1-3-7-4-2-6(1)5-8-7;1-2-6-4-5-7(3-1)8-6;1-2-7-4-3-6(1)5-7;1-2-6-3-5(1)4-7-6;1-2-4-6-5-3-1;1-5(2-6-1)3-7-4-5;2*1-2-4-6-5-3-1;/h1-4,10H,5-7H2;2*1-2,4-5H,3,6-7H2;1-4,9H,5-6H2;2*1-4H,5-6H2;7-8H,1-6H2;7-8H,1-6H2;2*6-8H,1-5H2;6-7H,1-5H2;5-7H,1-4H2;1-6H2;6-7H,1-4H2;6H,1-5H2;1-5H2;1H4. The Bertz CT molecular complexity index is 3270. The molecule has 31 rings (SSSR count). The second kappa shape index (κ2) is 59.0. The molecule has 15 aliphatic heterocycles. The van der Waals surface area contributed by atoms with Crippen molar-refractivity contribution < 1.29 is 14.2 Å². The van der Waals surface area contributed by atoms with Gasteiger partial charge in [0.25, 0.3) is 0 Å². The number of ether oxygens (including phenoxy) is 3. The highest BCUT2D eigenvalue weighted by Crippen LogP contribution is 2.44. The number of thioether (sulfide) groups is 1. The number of morpholine rings is 1. The number of anilines is 1. The van der Waals surface area contributed by atoms with Gasteiger partial charge in [-0.05, 0) is 303 Å². The number of nitrogens with one attached hydrogen (secondary N) is 9. The summed E-state index contributed by atoms with van der Waals surface area (Å²) in [5.41, 5.74) is 15.6. The van der Waals surface area contributed by atoms with E-state index in [1.807, 2.05) is 30.0 Å².